The van der Waals surface area contributed by atoms with Crippen LogP contribution in [0.25, 0.3) is 17.1 Å². The Morgan fingerprint density at radius 2 is 1.76 bits per heavy atom. The first-order chi connectivity index (χ1) is 24.0. The highest BCUT2D eigenvalue weighted by Gasteiger charge is 2.45. The molecular weight excluding hydrogens is 651 g/mol. The molecule has 0 radical (unpaired) electrons. The van der Waals surface area contributed by atoms with E-state index in [1.807, 2.05) is 38.5 Å². The Balaban J connectivity index is 1.43. The normalized spacial score (nSPS) is 23.6. The lowest BCUT2D eigenvalue weighted by molar-refractivity contribution is -0.135. The summed E-state index contributed by atoms with van der Waals surface area (Å²) >= 11 is 0. The fourth-order valence-electron chi connectivity index (χ4n) is 8.69. The van der Waals surface area contributed by atoms with Crippen molar-refractivity contribution >= 4 is 45.3 Å². The average molecular weight is 698 g/mol. The highest BCUT2D eigenvalue weighted by Crippen LogP contribution is 2.52. The van der Waals surface area contributed by atoms with Gasteiger partial charge in [0.05, 0.1) is 12.6 Å². The molecule has 2 aliphatic heterocycles. The molecule has 0 bridgehead atoms. The lowest BCUT2D eigenvalue weighted by Gasteiger charge is -2.39. The number of rotatable bonds is 8. The fraction of sp³-hybridized carbons (Fsp3) is 0.462. The van der Waals surface area contributed by atoms with Gasteiger partial charge in [0.1, 0.15) is 5.75 Å². The van der Waals surface area contributed by atoms with Crippen LogP contribution < -0.4 is 9.46 Å². The maximum atomic E-state index is 13.9. The van der Waals surface area contributed by atoms with Crippen LogP contribution in [-0.4, -0.2) is 81.6 Å². The quantitative estimate of drug-likeness (QED) is 0.326. The van der Waals surface area contributed by atoms with E-state index in [1.165, 1.54) is 44.5 Å². The second-order valence-electron chi connectivity index (χ2n) is 14.6. The Morgan fingerprint density at radius 1 is 1.02 bits per heavy atom. The van der Waals surface area contributed by atoms with E-state index >= 15 is 0 Å². The van der Waals surface area contributed by atoms with Crippen molar-refractivity contribution in [3.8, 4) is 5.75 Å². The number of nitrogens with zero attached hydrogens (tertiary/aromatic N) is 4. The smallest absolute Gasteiger partial charge is 0.303 e. The van der Waals surface area contributed by atoms with E-state index in [1.54, 1.807) is 18.2 Å². The molecular formula is C39H47N5O5S. The molecule has 2 fully saturated rings. The first-order valence-corrected chi connectivity index (χ1v) is 19.1. The van der Waals surface area contributed by atoms with Gasteiger partial charge in [0.25, 0.3) is 5.91 Å². The van der Waals surface area contributed by atoms with E-state index in [-0.39, 0.29) is 23.7 Å². The summed E-state index contributed by atoms with van der Waals surface area (Å²) in [6.45, 7) is 0. The van der Waals surface area contributed by atoms with Gasteiger partial charge in [0, 0.05) is 69.1 Å². The lowest BCUT2D eigenvalue weighted by atomic mass is 9.66. The molecule has 2 aliphatic carbocycles. The number of methoxy groups -OCH3 is 1. The van der Waals surface area contributed by atoms with Gasteiger partial charge in [0.15, 0.2) is 6.04 Å². The van der Waals surface area contributed by atoms with Crippen LogP contribution in [0.3, 0.4) is 0 Å². The number of benzene rings is 2. The number of amides is 2. The van der Waals surface area contributed by atoms with E-state index in [4.69, 9.17) is 4.74 Å². The van der Waals surface area contributed by atoms with Crippen LogP contribution in [-0.2, 0) is 26.2 Å². The van der Waals surface area contributed by atoms with Crippen LogP contribution in [0.1, 0.15) is 73.6 Å². The minimum Gasteiger partial charge on any atom is -0.496 e. The molecule has 0 saturated heterocycles. The third-order valence-electron chi connectivity index (χ3n) is 11.2. The molecule has 0 spiro atoms. The molecule has 4 aliphatic rings. The van der Waals surface area contributed by atoms with E-state index in [9.17, 15) is 18.0 Å². The van der Waals surface area contributed by atoms with Gasteiger partial charge in [-0.15, -0.1) is 0 Å². The maximum Gasteiger partial charge on any atom is 0.303 e. The summed E-state index contributed by atoms with van der Waals surface area (Å²) in [4.78, 5) is 34.0. The van der Waals surface area contributed by atoms with Crippen molar-refractivity contribution < 1.29 is 22.7 Å². The maximum absolute atomic E-state index is 13.9. The molecule has 2 unspecified atom stereocenters. The molecule has 3 aromatic rings. The number of fused-ring (bicyclic) bond motifs is 6. The number of ether oxygens (including phenoxy) is 1. The molecule has 2 saturated carbocycles. The Bertz CT molecular complexity index is 2020. The predicted molar refractivity (Wildman–Crippen MR) is 196 cm³/mol. The summed E-state index contributed by atoms with van der Waals surface area (Å²) in [5.74, 6) is 0.283. The first-order valence-electron chi connectivity index (χ1n) is 17.7. The third kappa shape index (κ3) is 6.08. The molecule has 1 N–H and O–H groups in total. The molecule has 3 heterocycles. The Morgan fingerprint density at radius 3 is 2.44 bits per heavy atom. The summed E-state index contributed by atoms with van der Waals surface area (Å²) in [5, 5.41) is 1.02. The van der Waals surface area contributed by atoms with Crippen molar-refractivity contribution in [2.24, 2.45) is 16.8 Å². The minimum atomic E-state index is -4.04. The Kier molecular flexibility index (Phi) is 9.23. The third-order valence-corrected chi connectivity index (χ3v) is 12.7. The van der Waals surface area contributed by atoms with Gasteiger partial charge in [-0.3, -0.25) is 14.6 Å². The van der Waals surface area contributed by atoms with Gasteiger partial charge in [-0.2, -0.15) is 12.7 Å². The van der Waals surface area contributed by atoms with E-state index in [0.717, 1.165) is 63.5 Å². The fourth-order valence-corrected chi connectivity index (χ4v) is 9.24. The van der Waals surface area contributed by atoms with Crippen LogP contribution in [0.4, 0.5) is 0 Å². The van der Waals surface area contributed by atoms with Crippen LogP contribution in [0.15, 0.2) is 70.2 Å². The van der Waals surface area contributed by atoms with Gasteiger partial charge in [-0.05, 0) is 72.8 Å². The van der Waals surface area contributed by atoms with Gasteiger partial charge < -0.3 is 14.2 Å². The second-order valence-corrected chi connectivity index (χ2v) is 16.5. The van der Waals surface area contributed by atoms with Crippen molar-refractivity contribution in [3.63, 3.8) is 0 Å². The van der Waals surface area contributed by atoms with E-state index < -0.39 is 22.2 Å². The molecule has 2 amide bonds. The predicted octanol–water partition coefficient (Wildman–Crippen LogP) is 5.67. The largest absolute Gasteiger partial charge is 0.496 e. The number of allylic oxidation sites excluding steroid dienone is 1. The average Bonchev–Trinajstić information content (AvgIpc) is 3.67. The van der Waals surface area contributed by atoms with Crippen LogP contribution in [0.2, 0.25) is 0 Å². The summed E-state index contributed by atoms with van der Waals surface area (Å²) < 4.78 is 37.0. The highest BCUT2D eigenvalue weighted by atomic mass is 32.2. The van der Waals surface area contributed by atoms with Gasteiger partial charge in [-0.25, -0.2) is 4.72 Å². The Labute approximate surface area is 295 Å². The summed E-state index contributed by atoms with van der Waals surface area (Å²) in [5.41, 5.74) is 7.15. The van der Waals surface area contributed by atoms with Crippen LogP contribution in [0.5, 0.6) is 5.75 Å². The molecule has 7 rings (SSSR count). The highest BCUT2D eigenvalue weighted by molar-refractivity contribution is 7.87. The van der Waals surface area contributed by atoms with Crippen LogP contribution in [0, 0.1) is 11.8 Å². The number of aliphatic imine (C=N–C) groups is 1. The zero-order valence-corrected chi connectivity index (χ0v) is 30.4. The molecule has 1 aromatic heterocycles. The number of hydrogen-bond donors (Lipinski definition) is 1. The molecule has 50 heavy (non-hydrogen) atoms. The summed E-state index contributed by atoms with van der Waals surface area (Å²) in [6.07, 6.45) is 11.6. The number of hydrogen-bond acceptors (Lipinski definition) is 6. The first kappa shape index (κ1) is 34.2. The summed E-state index contributed by atoms with van der Waals surface area (Å²) in [6, 6.07) is 15.8. The number of aromatic nitrogens is 1. The number of carbonyl (C=O) groups excluding carboxylic acids is 2. The zero-order chi connectivity index (χ0) is 35.3. The van der Waals surface area contributed by atoms with E-state index in [0.29, 0.717) is 17.9 Å². The molecule has 10 nitrogen and oxygen atoms in total. The molecule has 2 aromatic carbocycles. The van der Waals surface area contributed by atoms with Crippen LogP contribution >= 0.6 is 0 Å². The monoisotopic (exact) mass is 697 g/mol. The zero-order valence-electron chi connectivity index (χ0n) is 29.6. The topological polar surface area (TPSA) is 113 Å². The van der Waals surface area contributed by atoms with Gasteiger partial charge in [-0.1, -0.05) is 61.2 Å². The second kappa shape index (κ2) is 13.5. The van der Waals surface area contributed by atoms with E-state index in [2.05, 4.69) is 44.6 Å². The van der Waals surface area contributed by atoms with Crippen molar-refractivity contribution in [2.45, 2.75) is 69.2 Å². The van der Waals surface area contributed by atoms with Gasteiger partial charge >= 0.3 is 10.2 Å². The van der Waals surface area contributed by atoms with Crippen molar-refractivity contribution in [2.75, 3.05) is 35.3 Å². The SMILES string of the molecule is COc1ccc(C2CCCCC2)c2c1cc1n2C=C2C(=C3C[C@@H](C(=O)N(C)C)C(Cc4ccccc4)C[C@H]31)C=NC2C(=O)NS(=O)(=O)N(C)C. The number of carbonyl (C=O) groups is 2. The van der Waals surface area contributed by atoms with Crippen molar-refractivity contribution in [3.05, 3.63) is 82.1 Å². The molecule has 11 heteroatoms. The molecule has 4 atom stereocenters. The van der Waals surface area contributed by atoms with Gasteiger partial charge in [0.2, 0.25) is 5.91 Å². The van der Waals surface area contributed by atoms with Crippen molar-refractivity contribution in [1.82, 2.24) is 18.5 Å². The summed E-state index contributed by atoms with van der Waals surface area (Å²) in [7, 11) is 4.03. The minimum absolute atomic E-state index is 0.0613. The lowest BCUT2D eigenvalue weighted by Crippen LogP contribution is -2.43. The number of nitrogens with one attached hydrogen (secondary N) is 1. The standard InChI is InChI=1S/C39H47N5O5S/c1-42(2)39(46)28-20-29-30(19-26(28)18-24-12-8-6-9-13-24)34-21-31-35(49-5)17-16-27(25-14-10-7-11-15-25)37(31)44(34)23-33-32(29)22-40-36(33)38(45)41-50(47,48)43(3)4/h6,8-9,12-13,16-17,21-23,25-26,28,30,36H,7,10-11,14-15,18-20H2,1-5H3,(H,41,45)/t26?,28-,30-,36?/m1/s1. The Hall–Kier alpha value is -4.22. The van der Waals surface area contributed by atoms with Crippen molar-refractivity contribution in [1.29, 1.82) is 0 Å². The molecule has 264 valence electrons.